The minimum absolute atomic E-state index is 0.0466. The van der Waals surface area contributed by atoms with Gasteiger partial charge in [-0.1, -0.05) is 41.9 Å². The van der Waals surface area contributed by atoms with Gasteiger partial charge in [0.1, 0.15) is 6.04 Å². The van der Waals surface area contributed by atoms with Gasteiger partial charge in [-0.3, -0.25) is 4.79 Å². The fraction of sp³-hybridized carbons (Fsp3) is 0.238. The molecule has 5 nitrogen and oxygen atoms in total. The number of hydrogen-bond acceptors (Lipinski definition) is 2. The number of aryl methyl sites for hydroxylation is 1. The molecule has 3 N–H and O–H groups in total. The zero-order valence-corrected chi connectivity index (χ0v) is 16.5. The second-order valence-corrected chi connectivity index (χ2v) is 7.06. The Balaban J connectivity index is 1.64. The molecule has 0 unspecified atom stereocenters. The molecule has 0 saturated carbocycles. The van der Waals surface area contributed by atoms with Crippen LogP contribution < -0.4 is 10.6 Å². The van der Waals surface area contributed by atoms with E-state index in [1.165, 1.54) is 0 Å². The van der Waals surface area contributed by atoms with Gasteiger partial charge in [-0.2, -0.15) is 5.10 Å². The molecule has 140 valence electrons. The van der Waals surface area contributed by atoms with Crippen LogP contribution in [0.5, 0.6) is 0 Å². The normalized spacial score (nSPS) is 12.0. The lowest BCUT2D eigenvalue weighted by molar-refractivity contribution is -0.682. The predicted molar refractivity (Wildman–Crippen MR) is 108 cm³/mol. The van der Waals surface area contributed by atoms with Gasteiger partial charge in [-0.05, 0) is 45.0 Å². The van der Waals surface area contributed by atoms with Gasteiger partial charge in [0.15, 0.2) is 6.54 Å². The third-order valence-electron chi connectivity index (χ3n) is 4.61. The lowest BCUT2D eigenvalue weighted by Crippen LogP contribution is -2.86. The fourth-order valence-corrected chi connectivity index (χ4v) is 3.15. The minimum atomic E-state index is -0.0466. The molecule has 1 heterocycles. The second-order valence-electron chi connectivity index (χ2n) is 6.62. The summed E-state index contributed by atoms with van der Waals surface area (Å²) in [5.74, 6) is -0.0466. The van der Waals surface area contributed by atoms with E-state index < -0.39 is 0 Å². The van der Waals surface area contributed by atoms with E-state index in [-0.39, 0.29) is 11.9 Å². The largest absolute Gasteiger partial charge is 0.333 e. The maximum absolute atomic E-state index is 12.5. The van der Waals surface area contributed by atoms with Gasteiger partial charge in [0.05, 0.1) is 22.8 Å². The Kier molecular flexibility index (Phi) is 5.94. The molecule has 0 radical (unpaired) electrons. The van der Waals surface area contributed by atoms with E-state index >= 15 is 0 Å². The van der Waals surface area contributed by atoms with Crippen LogP contribution in [0.3, 0.4) is 0 Å². The zero-order chi connectivity index (χ0) is 19.4. The first-order chi connectivity index (χ1) is 13.0. The lowest BCUT2D eigenvalue weighted by atomic mass is 10.1. The van der Waals surface area contributed by atoms with Gasteiger partial charge in [-0.15, -0.1) is 0 Å². The number of carbonyl (C=O) groups is 1. The smallest absolute Gasteiger partial charge is 0.279 e. The van der Waals surface area contributed by atoms with Crippen LogP contribution in [0, 0.1) is 13.8 Å². The summed E-state index contributed by atoms with van der Waals surface area (Å²) in [5.41, 5.74) is 4.60. The molecule has 0 aliphatic carbocycles. The fourth-order valence-electron chi connectivity index (χ4n) is 3.02. The van der Waals surface area contributed by atoms with Crippen LogP contribution in [0.1, 0.15) is 29.9 Å². The number of nitrogens with one attached hydrogen (secondary N) is 1. The molecule has 1 amide bonds. The summed E-state index contributed by atoms with van der Waals surface area (Å²) in [6, 6.07) is 17.8. The Morgan fingerprint density at radius 2 is 1.81 bits per heavy atom. The van der Waals surface area contributed by atoms with E-state index in [1.807, 2.05) is 78.4 Å². The zero-order valence-electron chi connectivity index (χ0n) is 15.7. The number of rotatable bonds is 6. The topological polar surface area (TPSA) is 63.5 Å². The average molecular weight is 384 g/mol. The number of quaternary nitrogens is 1. The van der Waals surface area contributed by atoms with Crippen LogP contribution in [0.15, 0.2) is 54.6 Å². The van der Waals surface area contributed by atoms with Crippen LogP contribution in [0.4, 0.5) is 5.69 Å². The van der Waals surface area contributed by atoms with Crippen LogP contribution in [0.25, 0.3) is 5.69 Å². The van der Waals surface area contributed by atoms with Gasteiger partial charge in [0, 0.05) is 10.6 Å². The highest BCUT2D eigenvalue weighted by Crippen LogP contribution is 2.22. The van der Waals surface area contributed by atoms with Crippen molar-refractivity contribution in [2.75, 3.05) is 11.9 Å². The van der Waals surface area contributed by atoms with Gasteiger partial charge in [0.2, 0.25) is 0 Å². The first-order valence-corrected chi connectivity index (χ1v) is 9.34. The van der Waals surface area contributed by atoms with Gasteiger partial charge >= 0.3 is 0 Å². The molecule has 6 heteroatoms. The Bertz CT molecular complexity index is 919. The lowest BCUT2D eigenvalue weighted by Gasteiger charge is -2.11. The van der Waals surface area contributed by atoms with Crippen molar-refractivity contribution in [2.24, 2.45) is 0 Å². The van der Waals surface area contributed by atoms with E-state index in [9.17, 15) is 4.79 Å². The van der Waals surface area contributed by atoms with Crippen LogP contribution in [-0.2, 0) is 4.79 Å². The van der Waals surface area contributed by atoms with Gasteiger partial charge in [-0.25, -0.2) is 4.68 Å². The van der Waals surface area contributed by atoms with E-state index in [0.717, 1.165) is 28.3 Å². The molecular formula is C21H24ClN4O+. The standard InChI is InChI=1S/C21H23ClN4O/c1-14(17-9-11-18(22)12-10-17)23-13-20(27)24-21-15(2)25-26(16(21)3)19-7-5-4-6-8-19/h4-12,14,23H,13H2,1-3H3,(H,24,27)/p+1/t14-/m0/s1. The summed E-state index contributed by atoms with van der Waals surface area (Å²) >= 11 is 5.93. The molecule has 1 atom stereocenters. The molecule has 0 aliphatic heterocycles. The number of nitrogens with two attached hydrogens (primary N) is 1. The highest BCUT2D eigenvalue weighted by atomic mass is 35.5. The maximum atomic E-state index is 12.5. The first-order valence-electron chi connectivity index (χ1n) is 8.96. The van der Waals surface area contributed by atoms with E-state index in [2.05, 4.69) is 17.3 Å². The molecular weight excluding hydrogens is 360 g/mol. The van der Waals surface area contributed by atoms with Crippen molar-refractivity contribution in [1.29, 1.82) is 0 Å². The number of nitrogens with zero attached hydrogens (tertiary/aromatic N) is 2. The summed E-state index contributed by atoms with van der Waals surface area (Å²) in [7, 11) is 0. The molecule has 1 aromatic heterocycles. The molecule has 0 fully saturated rings. The van der Waals surface area contributed by atoms with Crippen molar-refractivity contribution in [2.45, 2.75) is 26.8 Å². The number of benzene rings is 2. The average Bonchev–Trinajstić information content (AvgIpc) is 2.95. The number of amides is 1. The van der Waals surface area contributed by atoms with Crippen molar-refractivity contribution >= 4 is 23.2 Å². The summed E-state index contributed by atoms with van der Waals surface area (Å²) in [4.78, 5) is 12.5. The quantitative estimate of drug-likeness (QED) is 0.685. The molecule has 0 spiro atoms. The molecule has 27 heavy (non-hydrogen) atoms. The number of halogens is 1. The SMILES string of the molecule is Cc1nn(-c2ccccc2)c(C)c1NC(=O)C[NH2+][C@@H](C)c1ccc(Cl)cc1. The summed E-state index contributed by atoms with van der Waals surface area (Å²) in [6.07, 6.45) is 0. The van der Waals surface area contributed by atoms with Gasteiger partial charge in [0.25, 0.3) is 5.91 Å². The molecule has 0 saturated heterocycles. The van der Waals surface area contributed by atoms with Crippen LogP contribution in [0.2, 0.25) is 5.02 Å². The number of anilines is 1. The number of aromatic nitrogens is 2. The summed E-state index contributed by atoms with van der Waals surface area (Å²) < 4.78 is 1.85. The molecule has 2 aromatic carbocycles. The highest BCUT2D eigenvalue weighted by molar-refractivity contribution is 6.30. The second kappa shape index (κ2) is 8.37. The predicted octanol–water partition coefficient (Wildman–Crippen LogP) is 3.41. The van der Waals surface area contributed by atoms with E-state index in [0.29, 0.717) is 11.6 Å². The van der Waals surface area contributed by atoms with E-state index in [1.54, 1.807) is 0 Å². The van der Waals surface area contributed by atoms with Crippen LogP contribution >= 0.6 is 11.6 Å². The van der Waals surface area contributed by atoms with Crippen LogP contribution in [-0.4, -0.2) is 22.2 Å². The first kappa shape index (κ1) is 19.1. The Labute approximate surface area is 164 Å². The summed E-state index contributed by atoms with van der Waals surface area (Å²) in [5, 5.41) is 10.3. The summed E-state index contributed by atoms with van der Waals surface area (Å²) in [6.45, 7) is 6.27. The molecule has 0 aliphatic rings. The van der Waals surface area contributed by atoms with E-state index in [4.69, 9.17) is 11.6 Å². The Morgan fingerprint density at radius 3 is 2.48 bits per heavy atom. The van der Waals surface area contributed by atoms with Crippen molar-refractivity contribution in [1.82, 2.24) is 9.78 Å². The van der Waals surface area contributed by atoms with Crippen molar-refractivity contribution in [3.8, 4) is 5.69 Å². The maximum Gasteiger partial charge on any atom is 0.279 e. The molecule has 3 rings (SSSR count). The monoisotopic (exact) mass is 383 g/mol. The Morgan fingerprint density at radius 1 is 1.15 bits per heavy atom. The Hall–Kier alpha value is -2.63. The molecule has 3 aromatic rings. The number of para-hydroxylation sites is 1. The third-order valence-corrected chi connectivity index (χ3v) is 4.86. The van der Waals surface area contributed by atoms with Crippen molar-refractivity contribution in [3.05, 3.63) is 76.6 Å². The number of carbonyl (C=O) groups excluding carboxylic acids is 1. The molecule has 0 bridgehead atoms. The van der Waals surface area contributed by atoms with Crippen molar-refractivity contribution < 1.29 is 10.1 Å². The highest BCUT2D eigenvalue weighted by Gasteiger charge is 2.17. The minimum Gasteiger partial charge on any atom is -0.333 e. The third kappa shape index (κ3) is 4.56. The number of hydrogen-bond donors (Lipinski definition) is 2. The van der Waals surface area contributed by atoms with Crippen molar-refractivity contribution in [3.63, 3.8) is 0 Å². The van der Waals surface area contributed by atoms with Gasteiger partial charge < -0.3 is 10.6 Å².